The number of carbonyl (C=O) groups excluding carboxylic acids is 4. The Labute approximate surface area is 182 Å². The van der Waals surface area contributed by atoms with Crippen molar-refractivity contribution in [2.45, 2.75) is 59.4 Å². The summed E-state index contributed by atoms with van der Waals surface area (Å²) in [6, 6.07) is 5.06. The van der Waals surface area contributed by atoms with E-state index in [4.69, 9.17) is 4.74 Å². The quantitative estimate of drug-likeness (QED) is 0.553. The number of carbonyl (C=O) groups is 4. The van der Waals surface area contributed by atoms with E-state index in [1.54, 1.807) is 0 Å². The van der Waals surface area contributed by atoms with E-state index in [-0.39, 0.29) is 11.3 Å². The van der Waals surface area contributed by atoms with E-state index in [0.29, 0.717) is 18.5 Å². The molecule has 1 heterocycles. The standard InChI is InChI=1S/C23H31N3O5/c1-14-6-7-16(3)17(8-14)24-18(27)12-31-19(28)11-26-20(29)23(25-21(26)30)10-15(2)9-22(4,5)13-23/h6-8,15H,9-13H2,1-5H3,(H,24,27)(H,25,30)/t15-,23+/m0/s1. The molecule has 1 aromatic carbocycles. The van der Waals surface area contributed by atoms with E-state index in [2.05, 4.69) is 31.4 Å². The molecular weight excluding hydrogens is 398 g/mol. The molecule has 1 aliphatic carbocycles. The van der Waals surface area contributed by atoms with Gasteiger partial charge in [-0.1, -0.05) is 32.9 Å². The summed E-state index contributed by atoms with van der Waals surface area (Å²) in [6.07, 6.45) is 2.04. The highest BCUT2D eigenvalue weighted by molar-refractivity contribution is 6.09. The SMILES string of the molecule is Cc1ccc(C)c(NC(=O)COC(=O)CN2C(=O)N[C@@]3(C[C@@H](C)CC(C)(C)C3)C2=O)c1. The average molecular weight is 430 g/mol. The molecule has 4 amide bonds. The highest BCUT2D eigenvalue weighted by Gasteiger charge is 2.56. The minimum atomic E-state index is -0.974. The van der Waals surface area contributed by atoms with E-state index in [1.165, 1.54) is 0 Å². The molecule has 1 saturated heterocycles. The number of ether oxygens (including phenoxy) is 1. The highest BCUT2D eigenvalue weighted by Crippen LogP contribution is 2.46. The van der Waals surface area contributed by atoms with Crippen molar-refractivity contribution in [1.29, 1.82) is 0 Å². The van der Waals surface area contributed by atoms with Crippen molar-refractivity contribution in [2.24, 2.45) is 11.3 Å². The molecule has 3 rings (SSSR count). The number of anilines is 1. The van der Waals surface area contributed by atoms with Crippen molar-refractivity contribution in [3.8, 4) is 0 Å². The fraction of sp³-hybridized carbons (Fsp3) is 0.565. The van der Waals surface area contributed by atoms with E-state index >= 15 is 0 Å². The van der Waals surface area contributed by atoms with Crippen LogP contribution in [0.4, 0.5) is 10.5 Å². The third kappa shape index (κ3) is 5.06. The first-order valence-corrected chi connectivity index (χ1v) is 10.6. The first-order chi connectivity index (χ1) is 14.4. The Morgan fingerprint density at radius 2 is 1.94 bits per heavy atom. The number of hydrogen-bond acceptors (Lipinski definition) is 5. The average Bonchev–Trinajstić information content (AvgIpc) is 2.84. The Morgan fingerprint density at radius 3 is 2.61 bits per heavy atom. The summed E-state index contributed by atoms with van der Waals surface area (Å²) in [4.78, 5) is 50.8. The fourth-order valence-electron chi connectivity index (χ4n) is 5.03. The van der Waals surface area contributed by atoms with Gasteiger partial charge in [0.15, 0.2) is 6.61 Å². The maximum absolute atomic E-state index is 13.1. The number of amides is 4. The highest BCUT2D eigenvalue weighted by atomic mass is 16.5. The molecule has 0 unspecified atom stereocenters. The largest absolute Gasteiger partial charge is 0.454 e. The van der Waals surface area contributed by atoms with Crippen LogP contribution in [-0.2, 0) is 19.1 Å². The summed E-state index contributed by atoms with van der Waals surface area (Å²) in [7, 11) is 0. The topological polar surface area (TPSA) is 105 Å². The van der Waals surface area contributed by atoms with Gasteiger partial charge in [0, 0.05) is 5.69 Å². The van der Waals surface area contributed by atoms with Crippen LogP contribution < -0.4 is 10.6 Å². The third-order valence-corrected chi connectivity index (χ3v) is 5.94. The van der Waals surface area contributed by atoms with Gasteiger partial charge in [0.05, 0.1) is 0 Å². The van der Waals surface area contributed by atoms with Crippen molar-refractivity contribution < 1.29 is 23.9 Å². The van der Waals surface area contributed by atoms with E-state index in [9.17, 15) is 19.2 Å². The van der Waals surface area contributed by atoms with Crippen LogP contribution in [0.5, 0.6) is 0 Å². The van der Waals surface area contributed by atoms with Crippen LogP contribution in [0.15, 0.2) is 18.2 Å². The Kier molecular flexibility index (Phi) is 6.11. The molecule has 2 aliphatic rings. The molecule has 0 bridgehead atoms. The predicted molar refractivity (Wildman–Crippen MR) is 115 cm³/mol. The minimum Gasteiger partial charge on any atom is -0.454 e. The predicted octanol–water partition coefficient (Wildman–Crippen LogP) is 2.92. The molecule has 2 N–H and O–H groups in total. The van der Waals surface area contributed by atoms with Gasteiger partial charge in [0.1, 0.15) is 12.1 Å². The Balaban J connectivity index is 1.57. The maximum Gasteiger partial charge on any atom is 0.326 e. The lowest BCUT2D eigenvalue weighted by Gasteiger charge is -2.43. The number of esters is 1. The lowest BCUT2D eigenvalue weighted by molar-refractivity contribution is -0.150. The van der Waals surface area contributed by atoms with Crippen molar-refractivity contribution in [1.82, 2.24) is 10.2 Å². The zero-order valence-electron chi connectivity index (χ0n) is 18.8. The van der Waals surface area contributed by atoms with Gasteiger partial charge in [-0.25, -0.2) is 4.79 Å². The molecule has 0 aromatic heterocycles. The molecule has 8 nitrogen and oxygen atoms in total. The summed E-state index contributed by atoms with van der Waals surface area (Å²) in [5, 5.41) is 5.52. The van der Waals surface area contributed by atoms with Crippen LogP contribution in [0.1, 0.15) is 51.2 Å². The molecule has 31 heavy (non-hydrogen) atoms. The molecule has 1 aliphatic heterocycles. The molecule has 2 atom stereocenters. The number of hydrogen-bond donors (Lipinski definition) is 2. The smallest absolute Gasteiger partial charge is 0.326 e. The van der Waals surface area contributed by atoms with Crippen LogP contribution >= 0.6 is 0 Å². The zero-order chi connectivity index (χ0) is 23.0. The van der Waals surface area contributed by atoms with Gasteiger partial charge in [-0.05, 0) is 61.6 Å². The van der Waals surface area contributed by atoms with Crippen molar-refractivity contribution in [3.05, 3.63) is 29.3 Å². The number of nitrogens with zero attached hydrogens (tertiary/aromatic N) is 1. The number of urea groups is 1. The van der Waals surface area contributed by atoms with Crippen LogP contribution in [0.2, 0.25) is 0 Å². The number of benzene rings is 1. The van der Waals surface area contributed by atoms with Crippen LogP contribution in [0, 0.1) is 25.2 Å². The third-order valence-electron chi connectivity index (χ3n) is 5.94. The summed E-state index contributed by atoms with van der Waals surface area (Å²) in [6.45, 7) is 8.98. The van der Waals surface area contributed by atoms with Crippen LogP contribution in [-0.4, -0.2) is 47.4 Å². The fourth-order valence-corrected chi connectivity index (χ4v) is 5.03. The Bertz CT molecular complexity index is 926. The van der Waals surface area contributed by atoms with Crippen LogP contribution in [0.3, 0.4) is 0 Å². The molecule has 1 spiro atoms. The Hall–Kier alpha value is -2.90. The van der Waals surface area contributed by atoms with Crippen LogP contribution in [0.25, 0.3) is 0 Å². The molecule has 0 radical (unpaired) electrons. The van der Waals surface area contributed by atoms with Gasteiger partial charge in [0.2, 0.25) is 0 Å². The second-order valence-electron chi connectivity index (χ2n) is 9.79. The molecule has 2 fully saturated rings. The molecule has 8 heteroatoms. The van der Waals surface area contributed by atoms with E-state index in [1.807, 2.05) is 32.0 Å². The van der Waals surface area contributed by atoms with Gasteiger partial charge in [-0.2, -0.15) is 0 Å². The first-order valence-electron chi connectivity index (χ1n) is 10.6. The van der Waals surface area contributed by atoms with Gasteiger partial charge >= 0.3 is 12.0 Å². The first kappa shape index (κ1) is 22.8. The number of rotatable bonds is 5. The normalized spacial score (nSPS) is 24.8. The number of nitrogens with one attached hydrogen (secondary N) is 2. The Morgan fingerprint density at radius 1 is 1.23 bits per heavy atom. The zero-order valence-corrected chi connectivity index (χ0v) is 18.8. The van der Waals surface area contributed by atoms with Gasteiger partial charge < -0.3 is 15.4 Å². The summed E-state index contributed by atoms with van der Waals surface area (Å²) in [5.41, 5.74) is 1.46. The monoisotopic (exact) mass is 429 g/mol. The van der Waals surface area contributed by atoms with E-state index in [0.717, 1.165) is 22.4 Å². The van der Waals surface area contributed by atoms with Gasteiger partial charge in [0.25, 0.3) is 11.8 Å². The summed E-state index contributed by atoms with van der Waals surface area (Å²) >= 11 is 0. The second-order valence-corrected chi connectivity index (χ2v) is 9.79. The molecular formula is C23H31N3O5. The number of imide groups is 1. The lowest BCUT2D eigenvalue weighted by Crippen LogP contribution is -2.54. The maximum atomic E-state index is 13.1. The minimum absolute atomic E-state index is 0.0941. The van der Waals surface area contributed by atoms with Crippen molar-refractivity contribution in [3.63, 3.8) is 0 Å². The summed E-state index contributed by atoms with van der Waals surface area (Å²) in [5.74, 6) is -1.42. The molecule has 168 valence electrons. The lowest BCUT2D eigenvalue weighted by atomic mass is 9.64. The molecule has 1 saturated carbocycles. The van der Waals surface area contributed by atoms with Crippen molar-refractivity contribution in [2.75, 3.05) is 18.5 Å². The van der Waals surface area contributed by atoms with Gasteiger partial charge in [-0.3, -0.25) is 19.3 Å². The second kappa shape index (κ2) is 8.32. The van der Waals surface area contributed by atoms with Gasteiger partial charge in [-0.15, -0.1) is 0 Å². The number of aryl methyl sites for hydroxylation is 2. The molecule has 1 aromatic rings. The van der Waals surface area contributed by atoms with E-state index < -0.39 is 42.5 Å². The summed E-state index contributed by atoms with van der Waals surface area (Å²) < 4.78 is 5.02. The van der Waals surface area contributed by atoms with Crippen molar-refractivity contribution >= 4 is 29.5 Å².